The van der Waals surface area contributed by atoms with Gasteiger partial charge in [-0.15, -0.1) is 0 Å². The van der Waals surface area contributed by atoms with Crippen LogP contribution in [-0.4, -0.2) is 32.2 Å². The first-order chi connectivity index (χ1) is 8.60. The molecule has 1 aliphatic carbocycles. The van der Waals surface area contributed by atoms with E-state index < -0.39 is 0 Å². The van der Waals surface area contributed by atoms with Crippen molar-refractivity contribution >= 4 is 16.5 Å². The smallest absolute Gasteiger partial charge is 0.230 e. The third kappa shape index (κ3) is 3.14. The highest BCUT2D eigenvalue weighted by Gasteiger charge is 2.21. The van der Waals surface area contributed by atoms with Crippen LogP contribution in [0, 0.1) is 5.92 Å². The topological polar surface area (TPSA) is 37.4 Å². The minimum Gasteiger partial charge on any atom is -0.480 e. The predicted octanol–water partition coefficient (Wildman–Crippen LogP) is 2.50. The summed E-state index contributed by atoms with van der Waals surface area (Å²) >= 11 is 1.70. The van der Waals surface area contributed by atoms with Gasteiger partial charge in [0.05, 0.1) is 12.0 Å². The summed E-state index contributed by atoms with van der Waals surface area (Å²) in [5.74, 6) is 1.63. The van der Waals surface area contributed by atoms with Gasteiger partial charge in [0, 0.05) is 26.7 Å². The molecule has 2 unspecified atom stereocenters. The van der Waals surface area contributed by atoms with Crippen molar-refractivity contribution in [2.24, 2.45) is 5.92 Å². The molecule has 1 N–H and O–H groups in total. The number of nitrogens with one attached hydrogen (secondary N) is 1. The van der Waals surface area contributed by atoms with E-state index in [0.717, 1.165) is 23.5 Å². The van der Waals surface area contributed by atoms with Crippen LogP contribution in [0.3, 0.4) is 0 Å². The number of hydrogen-bond acceptors (Lipinski definition) is 5. The van der Waals surface area contributed by atoms with E-state index in [1.807, 2.05) is 19.0 Å². The van der Waals surface area contributed by atoms with Gasteiger partial charge in [0.25, 0.3) is 0 Å². The molecule has 1 aromatic rings. The van der Waals surface area contributed by atoms with E-state index in [9.17, 15) is 0 Å². The van der Waals surface area contributed by atoms with E-state index in [1.165, 1.54) is 24.1 Å². The molecule has 0 spiro atoms. The molecule has 0 bridgehead atoms. The van der Waals surface area contributed by atoms with Gasteiger partial charge >= 0.3 is 0 Å². The molecule has 2 rings (SSSR count). The van der Waals surface area contributed by atoms with Crippen LogP contribution in [0.4, 0.5) is 5.13 Å². The van der Waals surface area contributed by atoms with Crippen LogP contribution in [0.1, 0.15) is 31.1 Å². The zero-order chi connectivity index (χ0) is 13.1. The molecule has 1 aliphatic rings. The molecule has 1 heterocycles. The number of methoxy groups -OCH3 is 1. The molecule has 1 saturated carbocycles. The van der Waals surface area contributed by atoms with Gasteiger partial charge in [-0.1, -0.05) is 18.3 Å². The average molecular weight is 269 g/mol. The second kappa shape index (κ2) is 5.89. The number of ether oxygens (including phenoxy) is 1. The summed E-state index contributed by atoms with van der Waals surface area (Å²) in [6, 6.07) is 0.662. The summed E-state index contributed by atoms with van der Waals surface area (Å²) in [6.07, 6.45) is 3.94. The Morgan fingerprint density at radius 1 is 1.44 bits per heavy atom. The highest BCUT2D eigenvalue weighted by Crippen LogP contribution is 2.31. The minimum absolute atomic E-state index is 0.662. The van der Waals surface area contributed by atoms with Gasteiger partial charge in [-0.05, 0) is 25.2 Å². The summed E-state index contributed by atoms with van der Waals surface area (Å²) in [6.45, 7) is 3.20. The van der Waals surface area contributed by atoms with Gasteiger partial charge < -0.3 is 15.0 Å². The van der Waals surface area contributed by atoms with Gasteiger partial charge in [-0.25, -0.2) is 0 Å². The predicted molar refractivity (Wildman–Crippen MR) is 76.6 cm³/mol. The first kappa shape index (κ1) is 13.6. The Labute approximate surface area is 113 Å². The molecule has 0 aliphatic heterocycles. The maximum Gasteiger partial charge on any atom is 0.230 e. The standard InChI is InChI=1S/C13H23N3OS/c1-9-5-6-10(7-9)14-8-11-12(17-4)15-13(18-11)16(2)3/h9-10,14H,5-8H2,1-4H3. The maximum absolute atomic E-state index is 5.35. The Bertz CT molecular complexity index is 392. The van der Waals surface area contributed by atoms with Gasteiger partial charge in [0.2, 0.25) is 5.88 Å². The van der Waals surface area contributed by atoms with Crippen molar-refractivity contribution in [3.05, 3.63) is 4.88 Å². The number of aromatic nitrogens is 1. The Morgan fingerprint density at radius 3 is 2.78 bits per heavy atom. The molecule has 1 aromatic heterocycles. The number of anilines is 1. The van der Waals surface area contributed by atoms with Crippen LogP contribution in [-0.2, 0) is 6.54 Å². The van der Waals surface area contributed by atoms with Crippen molar-refractivity contribution in [3.8, 4) is 5.88 Å². The van der Waals surface area contributed by atoms with E-state index in [0.29, 0.717) is 6.04 Å². The van der Waals surface area contributed by atoms with Crippen molar-refractivity contribution < 1.29 is 4.74 Å². The van der Waals surface area contributed by atoms with E-state index in [1.54, 1.807) is 18.4 Å². The van der Waals surface area contributed by atoms with Crippen molar-refractivity contribution in [3.63, 3.8) is 0 Å². The molecule has 102 valence electrons. The summed E-state index contributed by atoms with van der Waals surface area (Å²) < 4.78 is 5.35. The lowest BCUT2D eigenvalue weighted by Crippen LogP contribution is -2.25. The summed E-state index contributed by atoms with van der Waals surface area (Å²) in [7, 11) is 5.71. The first-order valence-corrected chi connectivity index (χ1v) is 7.36. The number of thiazole rings is 1. The third-order valence-corrected chi connectivity index (χ3v) is 4.68. The summed E-state index contributed by atoms with van der Waals surface area (Å²) in [5, 5.41) is 4.63. The number of hydrogen-bond donors (Lipinski definition) is 1. The number of rotatable bonds is 5. The van der Waals surface area contributed by atoms with Gasteiger partial charge in [-0.3, -0.25) is 0 Å². The molecule has 0 radical (unpaired) electrons. The monoisotopic (exact) mass is 269 g/mol. The largest absolute Gasteiger partial charge is 0.480 e. The minimum atomic E-state index is 0.662. The zero-order valence-corrected chi connectivity index (χ0v) is 12.5. The lowest BCUT2D eigenvalue weighted by Gasteiger charge is -2.11. The van der Waals surface area contributed by atoms with E-state index in [2.05, 4.69) is 17.2 Å². The zero-order valence-electron chi connectivity index (χ0n) is 11.7. The lowest BCUT2D eigenvalue weighted by atomic mass is 10.1. The Morgan fingerprint density at radius 2 is 2.22 bits per heavy atom. The molecule has 18 heavy (non-hydrogen) atoms. The van der Waals surface area contributed by atoms with Gasteiger partial charge in [-0.2, -0.15) is 4.98 Å². The molecule has 0 aromatic carbocycles. The second-order valence-corrected chi connectivity index (χ2v) is 6.38. The average Bonchev–Trinajstić information content (AvgIpc) is 2.92. The van der Waals surface area contributed by atoms with Gasteiger partial charge in [0.1, 0.15) is 0 Å². The SMILES string of the molecule is COc1nc(N(C)C)sc1CNC1CCC(C)C1. The Balaban J connectivity index is 1.95. The number of nitrogens with zero attached hydrogens (tertiary/aromatic N) is 2. The highest BCUT2D eigenvalue weighted by molar-refractivity contribution is 7.15. The van der Waals surface area contributed by atoms with Crippen LogP contribution in [0.15, 0.2) is 0 Å². The van der Waals surface area contributed by atoms with Crippen molar-refractivity contribution in [1.29, 1.82) is 0 Å². The maximum atomic E-state index is 5.35. The van der Waals surface area contributed by atoms with Crippen LogP contribution in [0.5, 0.6) is 5.88 Å². The molecule has 4 nitrogen and oxygen atoms in total. The third-order valence-electron chi connectivity index (χ3n) is 3.47. The van der Waals surface area contributed by atoms with Crippen LogP contribution >= 0.6 is 11.3 Å². The lowest BCUT2D eigenvalue weighted by molar-refractivity contribution is 0.392. The van der Waals surface area contributed by atoms with Gasteiger partial charge in [0.15, 0.2) is 5.13 Å². The quantitative estimate of drug-likeness (QED) is 0.891. The van der Waals surface area contributed by atoms with Crippen molar-refractivity contribution in [2.45, 2.75) is 38.8 Å². The molecule has 0 saturated heterocycles. The molecule has 1 fully saturated rings. The molecular weight excluding hydrogens is 246 g/mol. The molecule has 2 atom stereocenters. The van der Waals surface area contributed by atoms with Crippen molar-refractivity contribution in [2.75, 3.05) is 26.1 Å². The van der Waals surface area contributed by atoms with E-state index >= 15 is 0 Å². The second-order valence-electron chi connectivity index (χ2n) is 5.32. The highest BCUT2D eigenvalue weighted by atomic mass is 32.1. The molecular formula is C13H23N3OS. The fourth-order valence-electron chi connectivity index (χ4n) is 2.42. The van der Waals surface area contributed by atoms with Crippen LogP contribution < -0.4 is 15.0 Å². The van der Waals surface area contributed by atoms with Crippen LogP contribution in [0.2, 0.25) is 0 Å². The summed E-state index contributed by atoms with van der Waals surface area (Å²) in [5.41, 5.74) is 0. The normalized spacial score (nSPS) is 23.3. The van der Waals surface area contributed by atoms with E-state index in [-0.39, 0.29) is 0 Å². The fraction of sp³-hybridized carbons (Fsp3) is 0.769. The fourth-order valence-corrected chi connectivity index (χ4v) is 3.32. The Hall–Kier alpha value is -0.810. The first-order valence-electron chi connectivity index (χ1n) is 6.54. The van der Waals surface area contributed by atoms with Crippen LogP contribution in [0.25, 0.3) is 0 Å². The molecule has 5 heteroatoms. The Kier molecular flexibility index (Phi) is 4.45. The molecule has 0 amide bonds. The summed E-state index contributed by atoms with van der Waals surface area (Å²) in [4.78, 5) is 7.69. The van der Waals surface area contributed by atoms with E-state index in [4.69, 9.17) is 4.74 Å². The van der Waals surface area contributed by atoms with Crippen molar-refractivity contribution in [1.82, 2.24) is 10.3 Å².